The molecule has 16 heteroatoms. The van der Waals surface area contributed by atoms with Gasteiger partial charge in [0.05, 0.1) is 6.54 Å². The van der Waals surface area contributed by atoms with Crippen molar-refractivity contribution >= 4 is 40.7 Å². The normalized spacial score (nSPS) is 23.5. The molecule has 0 aromatic carbocycles. The van der Waals surface area contributed by atoms with Crippen LogP contribution in [0.25, 0.3) is 11.2 Å². The van der Waals surface area contributed by atoms with Crippen LogP contribution in [0.2, 0.25) is 5.15 Å². The standard InChI is InChI=1S/C18H16ClF4N5O6/c1-4-5-27-9-13(19)25-16(24)26-14(9)28(17(27)31)15-11(32-6(2)29)8(20)10(34-15)12(18(21,22)23)33-7(3)30/h1,8,10-12,15H,5H2,2-3H3,(H2,24,25,26)/t8?,10?,11?,12-,15?/m1/s1. The van der Waals surface area contributed by atoms with E-state index in [2.05, 4.69) is 20.6 Å². The molecule has 0 amide bonds. The fourth-order valence-corrected chi connectivity index (χ4v) is 3.81. The van der Waals surface area contributed by atoms with Gasteiger partial charge < -0.3 is 19.9 Å². The Labute approximate surface area is 192 Å². The molecule has 11 nitrogen and oxygen atoms in total. The molecule has 1 saturated heterocycles. The third-order valence-corrected chi connectivity index (χ3v) is 4.96. The van der Waals surface area contributed by atoms with Gasteiger partial charge in [0.15, 0.2) is 29.3 Å². The summed E-state index contributed by atoms with van der Waals surface area (Å²) in [7, 11) is 0. The molecule has 2 N–H and O–H groups in total. The van der Waals surface area contributed by atoms with Gasteiger partial charge in [-0.2, -0.15) is 23.1 Å². The number of hydrogen-bond donors (Lipinski definition) is 1. The van der Waals surface area contributed by atoms with Crippen molar-refractivity contribution in [1.29, 1.82) is 0 Å². The molecule has 0 aliphatic carbocycles. The highest BCUT2D eigenvalue weighted by Gasteiger charge is 2.60. The molecule has 4 unspecified atom stereocenters. The fourth-order valence-electron chi connectivity index (χ4n) is 3.53. The van der Waals surface area contributed by atoms with Crippen LogP contribution < -0.4 is 11.4 Å². The van der Waals surface area contributed by atoms with Crippen LogP contribution in [0.15, 0.2) is 4.79 Å². The lowest BCUT2D eigenvalue weighted by molar-refractivity contribution is -0.252. The van der Waals surface area contributed by atoms with E-state index in [1.165, 1.54) is 0 Å². The zero-order valence-corrected chi connectivity index (χ0v) is 18.1. The summed E-state index contributed by atoms with van der Waals surface area (Å²) < 4.78 is 71.9. The second-order valence-corrected chi connectivity index (χ2v) is 7.43. The Balaban J connectivity index is 2.24. The average Bonchev–Trinajstić information content (AvgIpc) is 3.13. The van der Waals surface area contributed by atoms with Crippen LogP contribution >= 0.6 is 11.6 Å². The lowest BCUT2D eigenvalue weighted by Gasteiger charge is -2.26. The molecular formula is C18H16ClF4N5O6. The van der Waals surface area contributed by atoms with E-state index in [4.69, 9.17) is 33.2 Å². The van der Waals surface area contributed by atoms with Crippen molar-refractivity contribution in [2.24, 2.45) is 0 Å². The predicted molar refractivity (Wildman–Crippen MR) is 106 cm³/mol. The maximum absolute atomic E-state index is 15.3. The number of nitrogens with zero attached hydrogens (tertiary/aromatic N) is 4. The molecule has 1 aliphatic rings. The summed E-state index contributed by atoms with van der Waals surface area (Å²) in [6.45, 7) is 1.16. The highest BCUT2D eigenvalue weighted by molar-refractivity contribution is 6.33. The minimum atomic E-state index is -5.27. The maximum atomic E-state index is 15.3. The van der Waals surface area contributed by atoms with Crippen molar-refractivity contribution in [2.75, 3.05) is 5.73 Å². The van der Waals surface area contributed by atoms with Gasteiger partial charge >= 0.3 is 23.8 Å². The van der Waals surface area contributed by atoms with E-state index in [1.54, 1.807) is 0 Å². The Kier molecular flexibility index (Phi) is 6.76. The SMILES string of the molecule is C#CCn1c(=O)n(C2OC([C@@H](OC(C)=O)C(F)(F)F)C(F)C2OC(C)=O)c2nc(N)nc(Cl)c21. The highest BCUT2D eigenvalue weighted by Crippen LogP contribution is 2.41. The summed E-state index contributed by atoms with van der Waals surface area (Å²) in [5, 5.41) is -0.336. The first kappa shape index (κ1) is 25.2. The predicted octanol–water partition coefficient (Wildman–Crippen LogP) is 1.12. The zero-order valence-electron chi connectivity index (χ0n) is 17.4. The van der Waals surface area contributed by atoms with E-state index in [0.717, 1.165) is 11.5 Å². The Hall–Kier alpha value is -3.38. The first-order valence-electron chi connectivity index (χ1n) is 9.35. The van der Waals surface area contributed by atoms with Crippen molar-refractivity contribution in [2.45, 2.75) is 57.3 Å². The third kappa shape index (κ3) is 4.50. The van der Waals surface area contributed by atoms with Gasteiger partial charge in [-0.1, -0.05) is 17.5 Å². The molecular weight excluding hydrogens is 494 g/mol. The monoisotopic (exact) mass is 509 g/mol. The van der Waals surface area contributed by atoms with Crippen LogP contribution in [0.4, 0.5) is 23.5 Å². The van der Waals surface area contributed by atoms with Gasteiger partial charge in [0.1, 0.15) is 11.6 Å². The van der Waals surface area contributed by atoms with Crippen LogP contribution in [-0.4, -0.2) is 61.7 Å². The first-order valence-corrected chi connectivity index (χ1v) is 9.73. The second-order valence-electron chi connectivity index (χ2n) is 7.07. The van der Waals surface area contributed by atoms with Gasteiger partial charge in [-0.15, -0.1) is 6.42 Å². The van der Waals surface area contributed by atoms with Crippen molar-refractivity contribution in [1.82, 2.24) is 19.1 Å². The van der Waals surface area contributed by atoms with Crippen LogP contribution in [0.3, 0.4) is 0 Å². The van der Waals surface area contributed by atoms with E-state index in [1.807, 2.05) is 0 Å². The molecule has 1 aliphatic heterocycles. The quantitative estimate of drug-likeness (QED) is 0.272. The van der Waals surface area contributed by atoms with Crippen LogP contribution in [-0.2, 0) is 30.3 Å². The molecule has 0 saturated carbocycles. The summed E-state index contributed by atoms with van der Waals surface area (Å²) in [4.78, 5) is 43.5. The Morgan fingerprint density at radius 3 is 2.50 bits per heavy atom. The van der Waals surface area contributed by atoms with Crippen molar-refractivity contribution < 1.29 is 41.4 Å². The highest BCUT2D eigenvalue weighted by atomic mass is 35.5. The molecule has 34 heavy (non-hydrogen) atoms. The van der Waals surface area contributed by atoms with Gasteiger partial charge in [-0.3, -0.25) is 14.2 Å². The van der Waals surface area contributed by atoms with E-state index < -0.39 is 60.5 Å². The van der Waals surface area contributed by atoms with Crippen LogP contribution in [0.5, 0.6) is 0 Å². The van der Waals surface area contributed by atoms with Crippen LogP contribution in [0.1, 0.15) is 20.1 Å². The summed E-state index contributed by atoms with van der Waals surface area (Å²) in [5.41, 5.74) is 3.99. The second kappa shape index (κ2) is 9.11. The van der Waals surface area contributed by atoms with E-state index >= 15 is 4.39 Å². The molecule has 5 atom stereocenters. The Morgan fingerprint density at radius 1 is 1.32 bits per heavy atom. The zero-order chi connectivity index (χ0) is 25.5. The first-order chi connectivity index (χ1) is 15.8. The molecule has 0 spiro atoms. The number of esters is 2. The minimum Gasteiger partial charge on any atom is -0.454 e. The van der Waals surface area contributed by atoms with E-state index in [-0.39, 0.29) is 22.9 Å². The smallest absolute Gasteiger partial charge is 0.428 e. The molecule has 1 fully saturated rings. The third-order valence-electron chi connectivity index (χ3n) is 4.70. The number of carbonyl (C=O) groups excluding carboxylic acids is 2. The van der Waals surface area contributed by atoms with E-state index in [0.29, 0.717) is 11.5 Å². The average molecular weight is 510 g/mol. The van der Waals surface area contributed by atoms with E-state index in [9.17, 15) is 27.6 Å². The molecule has 2 aromatic rings. The summed E-state index contributed by atoms with van der Waals surface area (Å²) >= 11 is 6.06. The van der Waals surface area contributed by atoms with Gasteiger partial charge in [0, 0.05) is 13.8 Å². The number of anilines is 1. The molecule has 3 rings (SSSR count). The number of fused-ring (bicyclic) bond motifs is 1. The number of hydrogen-bond acceptors (Lipinski definition) is 9. The summed E-state index contributed by atoms with van der Waals surface area (Å²) in [5.74, 6) is -0.723. The van der Waals surface area contributed by atoms with Crippen molar-refractivity contribution in [3.8, 4) is 12.3 Å². The number of aromatic nitrogens is 4. The number of nitrogen functional groups attached to an aromatic ring is 1. The number of halogens is 5. The number of nitrogens with two attached hydrogens (primary N) is 1. The number of imidazole rings is 1. The van der Waals surface area contributed by atoms with Crippen molar-refractivity contribution in [3.63, 3.8) is 0 Å². The maximum Gasteiger partial charge on any atom is 0.428 e. The molecule has 3 heterocycles. The number of carbonyl (C=O) groups is 2. The largest absolute Gasteiger partial charge is 0.454 e. The van der Waals surface area contributed by atoms with Gasteiger partial charge in [-0.25, -0.2) is 13.8 Å². The molecule has 2 aromatic heterocycles. The van der Waals surface area contributed by atoms with Gasteiger partial charge in [-0.05, 0) is 0 Å². The molecule has 0 bridgehead atoms. The number of ether oxygens (including phenoxy) is 3. The van der Waals surface area contributed by atoms with Crippen LogP contribution in [0, 0.1) is 12.3 Å². The summed E-state index contributed by atoms with van der Waals surface area (Å²) in [6.07, 6.45) is -12.4. The minimum absolute atomic E-state index is 0.171. The lowest BCUT2D eigenvalue weighted by atomic mass is 10.1. The van der Waals surface area contributed by atoms with Gasteiger partial charge in [0.25, 0.3) is 0 Å². The Morgan fingerprint density at radius 2 is 1.97 bits per heavy atom. The number of terminal acetylenes is 1. The molecule has 184 valence electrons. The van der Waals surface area contributed by atoms with Crippen molar-refractivity contribution in [3.05, 3.63) is 15.6 Å². The number of alkyl halides is 4. The molecule has 0 radical (unpaired) electrons. The summed E-state index contributed by atoms with van der Waals surface area (Å²) in [6, 6.07) is 0. The lowest BCUT2D eigenvalue weighted by Crippen LogP contribution is -2.47. The topological polar surface area (TPSA) is 141 Å². The van der Waals surface area contributed by atoms with Gasteiger partial charge in [0.2, 0.25) is 12.1 Å². The fraction of sp³-hybridized carbons (Fsp3) is 0.500. The Bertz CT molecular complexity index is 1240. The number of rotatable bonds is 5.